The van der Waals surface area contributed by atoms with Gasteiger partial charge >= 0.3 is 0 Å². The van der Waals surface area contributed by atoms with Gasteiger partial charge in [-0.05, 0) is 62.1 Å². The SMILES string of the molecule is COc1cc(CNC(=O)C[C@@H]2CCC[C@H]2N)ccc1OC1CCCC1. The van der Waals surface area contributed by atoms with E-state index >= 15 is 0 Å². The minimum absolute atomic E-state index is 0.0765. The van der Waals surface area contributed by atoms with Crippen LogP contribution in [0.4, 0.5) is 0 Å². The van der Waals surface area contributed by atoms with Gasteiger partial charge in [0.05, 0.1) is 13.2 Å². The Hall–Kier alpha value is -1.75. The Labute approximate surface area is 150 Å². The van der Waals surface area contributed by atoms with Crippen molar-refractivity contribution in [2.24, 2.45) is 11.7 Å². The second-order valence-electron chi connectivity index (χ2n) is 7.35. The zero-order valence-corrected chi connectivity index (χ0v) is 15.1. The largest absolute Gasteiger partial charge is 0.493 e. The molecule has 0 saturated heterocycles. The average Bonchev–Trinajstić information content (AvgIpc) is 3.26. The first-order valence-electron chi connectivity index (χ1n) is 9.51. The topological polar surface area (TPSA) is 73.6 Å². The normalized spacial score (nSPS) is 23.6. The Morgan fingerprint density at radius 2 is 1.96 bits per heavy atom. The lowest BCUT2D eigenvalue weighted by molar-refractivity contribution is -0.122. The number of nitrogens with two attached hydrogens (primary N) is 1. The molecule has 0 heterocycles. The van der Waals surface area contributed by atoms with Gasteiger partial charge in [-0.3, -0.25) is 4.79 Å². The lowest BCUT2D eigenvalue weighted by Crippen LogP contribution is -2.31. The van der Waals surface area contributed by atoms with E-state index < -0.39 is 0 Å². The van der Waals surface area contributed by atoms with Crippen molar-refractivity contribution in [3.63, 3.8) is 0 Å². The quantitative estimate of drug-likeness (QED) is 0.795. The van der Waals surface area contributed by atoms with Crippen LogP contribution in [0.5, 0.6) is 11.5 Å². The Bertz CT molecular complexity index is 584. The van der Waals surface area contributed by atoms with Crippen LogP contribution in [0.25, 0.3) is 0 Å². The predicted octanol–water partition coefficient (Wildman–Crippen LogP) is 3.15. The highest BCUT2D eigenvalue weighted by Gasteiger charge is 2.26. The third-order valence-corrected chi connectivity index (χ3v) is 5.48. The van der Waals surface area contributed by atoms with Crippen LogP contribution in [0.3, 0.4) is 0 Å². The van der Waals surface area contributed by atoms with E-state index in [0.29, 0.717) is 25.0 Å². The van der Waals surface area contributed by atoms with Gasteiger partial charge in [-0.25, -0.2) is 0 Å². The summed E-state index contributed by atoms with van der Waals surface area (Å²) in [5.41, 5.74) is 7.06. The molecule has 0 unspecified atom stereocenters. The van der Waals surface area contributed by atoms with Gasteiger partial charge in [-0.1, -0.05) is 12.5 Å². The van der Waals surface area contributed by atoms with Crippen molar-refractivity contribution in [3.8, 4) is 11.5 Å². The van der Waals surface area contributed by atoms with Crippen LogP contribution in [0.15, 0.2) is 18.2 Å². The molecule has 1 aromatic rings. The molecule has 0 aliphatic heterocycles. The molecule has 2 atom stereocenters. The van der Waals surface area contributed by atoms with E-state index in [1.807, 2.05) is 18.2 Å². The first-order chi connectivity index (χ1) is 12.2. The number of nitrogens with one attached hydrogen (secondary N) is 1. The summed E-state index contributed by atoms with van der Waals surface area (Å²) in [6.07, 6.45) is 8.78. The highest BCUT2D eigenvalue weighted by atomic mass is 16.5. The molecule has 25 heavy (non-hydrogen) atoms. The molecule has 0 aromatic heterocycles. The fourth-order valence-electron chi connectivity index (χ4n) is 3.93. The third-order valence-electron chi connectivity index (χ3n) is 5.48. The highest BCUT2D eigenvalue weighted by molar-refractivity contribution is 5.76. The Kier molecular flexibility index (Phi) is 6.19. The molecule has 0 radical (unpaired) electrons. The standard InChI is InChI=1S/C20H30N2O3/c1-24-19-11-14(9-10-18(19)25-16-6-2-3-7-16)13-22-20(23)12-15-5-4-8-17(15)21/h9-11,15-17H,2-8,12-13,21H2,1H3,(H,22,23)/t15-,17+/m0/s1. The second-order valence-corrected chi connectivity index (χ2v) is 7.35. The van der Waals surface area contributed by atoms with Gasteiger partial charge in [0.1, 0.15) is 0 Å². The van der Waals surface area contributed by atoms with Gasteiger partial charge in [-0.15, -0.1) is 0 Å². The minimum atomic E-state index is 0.0765. The van der Waals surface area contributed by atoms with Gasteiger partial charge in [-0.2, -0.15) is 0 Å². The summed E-state index contributed by atoms with van der Waals surface area (Å²) in [7, 11) is 1.65. The summed E-state index contributed by atoms with van der Waals surface area (Å²) < 4.78 is 11.5. The van der Waals surface area contributed by atoms with Crippen LogP contribution in [0.1, 0.15) is 56.9 Å². The summed E-state index contributed by atoms with van der Waals surface area (Å²) in [6, 6.07) is 6.07. The zero-order chi connectivity index (χ0) is 17.6. The molecule has 3 N–H and O–H groups in total. The van der Waals surface area contributed by atoms with E-state index in [1.165, 1.54) is 12.8 Å². The van der Waals surface area contributed by atoms with Gasteiger partial charge in [0.15, 0.2) is 11.5 Å². The van der Waals surface area contributed by atoms with Crippen LogP contribution >= 0.6 is 0 Å². The molecule has 2 aliphatic carbocycles. The Morgan fingerprint density at radius 3 is 2.64 bits per heavy atom. The molecule has 2 saturated carbocycles. The van der Waals surface area contributed by atoms with Crippen molar-refractivity contribution in [1.82, 2.24) is 5.32 Å². The van der Waals surface area contributed by atoms with Gasteiger partial charge in [0.25, 0.3) is 0 Å². The molecule has 1 amide bonds. The molecule has 1 aromatic carbocycles. The number of methoxy groups -OCH3 is 1. The number of ether oxygens (including phenoxy) is 2. The van der Waals surface area contributed by atoms with Crippen molar-refractivity contribution in [1.29, 1.82) is 0 Å². The molecular weight excluding hydrogens is 316 g/mol. The number of benzene rings is 1. The lowest BCUT2D eigenvalue weighted by Gasteiger charge is -2.17. The van der Waals surface area contributed by atoms with Gasteiger partial charge in [0.2, 0.25) is 5.91 Å². The number of rotatable bonds is 7. The fourth-order valence-corrected chi connectivity index (χ4v) is 3.93. The maximum Gasteiger partial charge on any atom is 0.220 e. The smallest absolute Gasteiger partial charge is 0.220 e. The summed E-state index contributed by atoms with van der Waals surface area (Å²) in [5.74, 6) is 1.93. The number of hydrogen-bond acceptors (Lipinski definition) is 4. The molecule has 2 aliphatic rings. The number of hydrogen-bond donors (Lipinski definition) is 2. The van der Waals surface area contributed by atoms with Crippen LogP contribution in [0.2, 0.25) is 0 Å². The maximum atomic E-state index is 12.1. The first kappa shape index (κ1) is 18.1. The molecule has 138 valence electrons. The van der Waals surface area contributed by atoms with Crippen molar-refractivity contribution in [2.45, 2.75) is 70.1 Å². The molecule has 5 heteroatoms. The predicted molar refractivity (Wildman–Crippen MR) is 97.7 cm³/mol. The van der Waals surface area contributed by atoms with E-state index in [4.69, 9.17) is 15.2 Å². The lowest BCUT2D eigenvalue weighted by atomic mass is 10.00. The van der Waals surface area contributed by atoms with E-state index in [0.717, 1.165) is 49.2 Å². The van der Waals surface area contributed by atoms with Crippen molar-refractivity contribution in [3.05, 3.63) is 23.8 Å². The molecular formula is C20H30N2O3. The average molecular weight is 346 g/mol. The first-order valence-corrected chi connectivity index (χ1v) is 9.51. The van der Waals surface area contributed by atoms with Gasteiger partial charge < -0.3 is 20.5 Å². The number of carbonyl (C=O) groups is 1. The van der Waals surface area contributed by atoms with Crippen LogP contribution < -0.4 is 20.5 Å². The highest BCUT2D eigenvalue weighted by Crippen LogP contribution is 2.32. The van der Waals surface area contributed by atoms with Crippen LogP contribution in [0, 0.1) is 5.92 Å². The van der Waals surface area contributed by atoms with E-state index in [9.17, 15) is 4.79 Å². The molecule has 2 fully saturated rings. The molecule has 5 nitrogen and oxygen atoms in total. The Morgan fingerprint density at radius 1 is 1.16 bits per heavy atom. The van der Waals surface area contributed by atoms with Gasteiger partial charge in [0, 0.05) is 19.0 Å². The summed E-state index contributed by atoms with van der Waals surface area (Å²) in [4.78, 5) is 12.1. The Balaban J connectivity index is 1.52. The third kappa shape index (κ3) is 4.88. The van der Waals surface area contributed by atoms with E-state index in [-0.39, 0.29) is 11.9 Å². The monoisotopic (exact) mass is 346 g/mol. The van der Waals surface area contributed by atoms with E-state index in [1.54, 1.807) is 7.11 Å². The maximum absolute atomic E-state index is 12.1. The summed E-state index contributed by atoms with van der Waals surface area (Å²) in [5, 5.41) is 3.00. The molecule has 3 rings (SSSR count). The van der Waals surface area contributed by atoms with Crippen LogP contribution in [-0.2, 0) is 11.3 Å². The van der Waals surface area contributed by atoms with Crippen molar-refractivity contribution in [2.75, 3.05) is 7.11 Å². The summed E-state index contributed by atoms with van der Waals surface area (Å²) in [6.45, 7) is 0.501. The van der Waals surface area contributed by atoms with Crippen molar-refractivity contribution < 1.29 is 14.3 Å². The minimum Gasteiger partial charge on any atom is -0.493 e. The van der Waals surface area contributed by atoms with Crippen LogP contribution in [-0.4, -0.2) is 25.2 Å². The van der Waals surface area contributed by atoms with E-state index in [2.05, 4.69) is 5.32 Å². The van der Waals surface area contributed by atoms with Crippen molar-refractivity contribution >= 4 is 5.91 Å². The second kappa shape index (κ2) is 8.56. The zero-order valence-electron chi connectivity index (χ0n) is 15.1. The number of amides is 1. The number of carbonyl (C=O) groups excluding carboxylic acids is 1. The molecule has 0 bridgehead atoms. The summed E-state index contributed by atoms with van der Waals surface area (Å²) >= 11 is 0. The molecule has 0 spiro atoms. The fraction of sp³-hybridized carbons (Fsp3) is 0.650.